The van der Waals surface area contributed by atoms with Crippen LogP contribution in [0.15, 0.2) is 53.7 Å². The first kappa shape index (κ1) is 22.5. The molecule has 0 bridgehead atoms. The lowest BCUT2D eigenvalue weighted by Crippen LogP contribution is -2.11. The second-order valence-electron chi connectivity index (χ2n) is 7.94. The van der Waals surface area contributed by atoms with E-state index in [-0.39, 0.29) is 17.8 Å². The normalized spacial score (nSPS) is 11.8. The Hall–Kier alpha value is -2.82. The smallest absolute Gasteiger partial charge is 0.309 e. The minimum absolute atomic E-state index is 0.141. The van der Waals surface area contributed by atoms with E-state index < -0.39 is 0 Å². The van der Waals surface area contributed by atoms with Crippen LogP contribution >= 0.6 is 0 Å². The highest BCUT2D eigenvalue weighted by molar-refractivity contribution is 5.98. The second-order valence-corrected chi connectivity index (χ2v) is 7.94. The quantitative estimate of drug-likeness (QED) is 0.261. The number of benzene rings is 2. The van der Waals surface area contributed by atoms with Crippen LogP contribution < -0.4 is 4.74 Å². The fourth-order valence-corrected chi connectivity index (χ4v) is 2.66. The summed E-state index contributed by atoms with van der Waals surface area (Å²) >= 11 is 0. The van der Waals surface area contributed by atoms with E-state index in [2.05, 4.69) is 54.9 Å². The average Bonchev–Trinajstić information content (AvgIpc) is 2.71. The van der Waals surface area contributed by atoms with Crippen molar-refractivity contribution in [3.63, 3.8) is 0 Å². The summed E-state index contributed by atoms with van der Waals surface area (Å²) in [6.45, 7) is 9.56. The van der Waals surface area contributed by atoms with E-state index in [0.717, 1.165) is 29.0 Å². The van der Waals surface area contributed by atoms with Crippen LogP contribution in [0.5, 0.6) is 5.75 Å². The van der Waals surface area contributed by atoms with Gasteiger partial charge < -0.3 is 14.3 Å². The zero-order valence-electron chi connectivity index (χ0n) is 18.0. The van der Waals surface area contributed by atoms with Crippen LogP contribution in [0.4, 0.5) is 0 Å². The molecule has 0 fully saturated rings. The third kappa shape index (κ3) is 7.60. The third-order valence-electron chi connectivity index (χ3n) is 4.52. The Balaban J connectivity index is 1.70. The molecule has 0 spiro atoms. The molecule has 0 aliphatic heterocycles. The highest BCUT2D eigenvalue weighted by atomic mass is 16.6. The predicted molar refractivity (Wildman–Crippen MR) is 116 cm³/mol. The minimum atomic E-state index is -0.253. The van der Waals surface area contributed by atoms with E-state index in [1.165, 1.54) is 12.7 Å². The first-order chi connectivity index (χ1) is 13.8. The Labute approximate surface area is 173 Å². The Bertz CT molecular complexity index is 802. The molecule has 0 atom stereocenters. The topological polar surface area (TPSA) is 57.1 Å². The number of ether oxygens (including phenoxy) is 2. The molecule has 0 amide bonds. The predicted octanol–water partition coefficient (Wildman–Crippen LogP) is 4.91. The lowest BCUT2D eigenvalue weighted by molar-refractivity contribution is -0.139. The summed E-state index contributed by atoms with van der Waals surface area (Å²) in [5.74, 6) is 0.508. The molecule has 0 radical (unpaired) electrons. The van der Waals surface area contributed by atoms with Gasteiger partial charge in [0.25, 0.3) is 0 Å². The van der Waals surface area contributed by atoms with Crippen molar-refractivity contribution in [1.82, 2.24) is 0 Å². The number of methoxy groups -OCH3 is 1. The number of hydrogen-bond donors (Lipinski definition) is 0. The Morgan fingerprint density at radius 2 is 1.62 bits per heavy atom. The van der Waals surface area contributed by atoms with Gasteiger partial charge in [0.1, 0.15) is 12.4 Å². The zero-order chi connectivity index (χ0) is 21.3. The van der Waals surface area contributed by atoms with E-state index in [9.17, 15) is 4.79 Å². The summed E-state index contributed by atoms with van der Waals surface area (Å²) in [6, 6.07) is 15.9. The first-order valence-electron chi connectivity index (χ1n) is 9.85. The monoisotopic (exact) mass is 397 g/mol. The van der Waals surface area contributed by atoms with E-state index in [1.54, 1.807) is 0 Å². The molecular weight excluding hydrogens is 366 g/mol. The molecule has 0 aliphatic carbocycles. The average molecular weight is 398 g/mol. The van der Waals surface area contributed by atoms with E-state index in [1.807, 2.05) is 31.2 Å². The van der Waals surface area contributed by atoms with Gasteiger partial charge in [-0.1, -0.05) is 62.3 Å². The van der Waals surface area contributed by atoms with Crippen molar-refractivity contribution >= 4 is 11.7 Å². The number of nitrogens with zero attached hydrogens (tertiary/aromatic N) is 1. The van der Waals surface area contributed by atoms with Crippen molar-refractivity contribution in [2.75, 3.05) is 20.3 Å². The fraction of sp³-hybridized carbons (Fsp3) is 0.417. The molecule has 2 aromatic carbocycles. The standard InChI is InChI=1S/C24H31NO4/c1-18(20-9-11-21(12-10-20)24(2,3)4)25-29-16-6-15-28-22-13-7-19(8-14-22)17-23(26)27-5/h7-14H,6,15-17H2,1-5H3. The lowest BCUT2D eigenvalue weighted by atomic mass is 9.86. The number of oxime groups is 1. The van der Waals surface area contributed by atoms with E-state index in [0.29, 0.717) is 13.2 Å². The number of esters is 1. The van der Waals surface area contributed by atoms with Crippen molar-refractivity contribution in [1.29, 1.82) is 0 Å². The highest BCUT2D eigenvalue weighted by Crippen LogP contribution is 2.22. The second kappa shape index (κ2) is 10.6. The summed E-state index contributed by atoms with van der Waals surface area (Å²) in [6.07, 6.45) is 0.991. The van der Waals surface area contributed by atoms with Crippen LogP contribution in [-0.4, -0.2) is 32.0 Å². The Morgan fingerprint density at radius 1 is 0.966 bits per heavy atom. The van der Waals surface area contributed by atoms with Gasteiger partial charge in [-0.15, -0.1) is 0 Å². The van der Waals surface area contributed by atoms with Gasteiger partial charge in [-0.2, -0.15) is 0 Å². The van der Waals surface area contributed by atoms with Gasteiger partial charge in [-0.3, -0.25) is 4.79 Å². The molecule has 0 saturated carbocycles. The fourth-order valence-electron chi connectivity index (χ4n) is 2.66. The molecule has 29 heavy (non-hydrogen) atoms. The highest BCUT2D eigenvalue weighted by Gasteiger charge is 2.13. The van der Waals surface area contributed by atoms with Gasteiger partial charge >= 0.3 is 5.97 Å². The maximum Gasteiger partial charge on any atom is 0.309 e. The zero-order valence-corrected chi connectivity index (χ0v) is 18.0. The first-order valence-corrected chi connectivity index (χ1v) is 9.85. The van der Waals surface area contributed by atoms with Crippen LogP contribution in [-0.2, 0) is 26.2 Å². The molecule has 0 saturated heterocycles. The molecule has 156 valence electrons. The molecule has 2 rings (SSSR count). The van der Waals surface area contributed by atoms with Gasteiger partial charge in [0.05, 0.1) is 25.8 Å². The summed E-state index contributed by atoms with van der Waals surface area (Å²) in [5.41, 5.74) is 4.24. The van der Waals surface area contributed by atoms with Gasteiger partial charge in [-0.05, 0) is 41.2 Å². The lowest BCUT2D eigenvalue weighted by Gasteiger charge is -2.19. The van der Waals surface area contributed by atoms with Crippen molar-refractivity contribution in [3.8, 4) is 5.75 Å². The maximum atomic E-state index is 11.3. The summed E-state index contributed by atoms with van der Waals surface area (Å²) in [4.78, 5) is 16.7. The minimum Gasteiger partial charge on any atom is -0.493 e. The van der Waals surface area contributed by atoms with Gasteiger partial charge in [0, 0.05) is 6.42 Å². The summed E-state index contributed by atoms with van der Waals surface area (Å²) in [7, 11) is 1.39. The van der Waals surface area contributed by atoms with Gasteiger partial charge in [-0.25, -0.2) is 0 Å². The number of carbonyl (C=O) groups excluding carboxylic acids is 1. The molecule has 0 aromatic heterocycles. The van der Waals surface area contributed by atoms with E-state index in [4.69, 9.17) is 9.57 Å². The maximum absolute atomic E-state index is 11.3. The third-order valence-corrected chi connectivity index (χ3v) is 4.52. The van der Waals surface area contributed by atoms with Crippen LogP contribution in [0.1, 0.15) is 50.8 Å². The van der Waals surface area contributed by atoms with Crippen molar-refractivity contribution in [2.45, 2.75) is 46.0 Å². The molecule has 0 heterocycles. The molecule has 0 N–H and O–H groups in total. The van der Waals surface area contributed by atoms with Crippen LogP contribution in [0.2, 0.25) is 0 Å². The Morgan fingerprint density at radius 3 is 2.21 bits per heavy atom. The van der Waals surface area contributed by atoms with Crippen molar-refractivity contribution in [2.24, 2.45) is 5.16 Å². The van der Waals surface area contributed by atoms with Crippen LogP contribution in [0.25, 0.3) is 0 Å². The summed E-state index contributed by atoms with van der Waals surface area (Å²) < 4.78 is 10.3. The van der Waals surface area contributed by atoms with Crippen molar-refractivity contribution in [3.05, 3.63) is 65.2 Å². The van der Waals surface area contributed by atoms with Crippen molar-refractivity contribution < 1.29 is 19.1 Å². The van der Waals surface area contributed by atoms with Gasteiger partial charge in [0.2, 0.25) is 0 Å². The molecule has 2 aromatic rings. The Kier molecular flexibility index (Phi) is 8.25. The van der Waals surface area contributed by atoms with Crippen LogP contribution in [0, 0.1) is 0 Å². The number of carbonyl (C=O) groups is 1. The molecule has 0 aliphatic rings. The van der Waals surface area contributed by atoms with Gasteiger partial charge in [0.15, 0.2) is 0 Å². The SMILES string of the molecule is COC(=O)Cc1ccc(OCCCON=C(C)c2ccc(C(C)(C)C)cc2)cc1. The largest absolute Gasteiger partial charge is 0.493 e. The summed E-state index contributed by atoms with van der Waals surface area (Å²) in [5, 5.41) is 4.20. The number of hydrogen-bond acceptors (Lipinski definition) is 5. The molecule has 0 unspecified atom stereocenters. The molecule has 5 nitrogen and oxygen atoms in total. The van der Waals surface area contributed by atoms with E-state index >= 15 is 0 Å². The molecule has 5 heteroatoms. The molecular formula is C24H31NO4. The number of rotatable bonds is 9. The van der Waals surface area contributed by atoms with Crippen LogP contribution in [0.3, 0.4) is 0 Å².